The van der Waals surface area contributed by atoms with Crippen molar-refractivity contribution in [1.82, 2.24) is 5.32 Å². The van der Waals surface area contributed by atoms with Crippen molar-refractivity contribution in [3.8, 4) is 0 Å². The quantitative estimate of drug-likeness (QED) is 0.720. The third-order valence-electron chi connectivity index (χ3n) is 3.06. The second-order valence-corrected chi connectivity index (χ2v) is 7.83. The smallest absolute Gasteiger partial charge is 0.318 e. The van der Waals surface area contributed by atoms with Gasteiger partial charge in [0.05, 0.1) is 11.0 Å². The molecule has 0 aromatic heterocycles. The van der Waals surface area contributed by atoms with Gasteiger partial charge in [-0.15, -0.1) is 0 Å². The molecule has 122 valence electrons. The molecule has 0 spiro atoms. The van der Waals surface area contributed by atoms with E-state index in [4.69, 9.17) is 5.73 Å². The molecule has 0 saturated carbocycles. The summed E-state index contributed by atoms with van der Waals surface area (Å²) in [5.41, 5.74) is 6.18. The van der Waals surface area contributed by atoms with E-state index in [2.05, 4.69) is 5.32 Å². The van der Waals surface area contributed by atoms with Gasteiger partial charge >= 0.3 is 6.03 Å². The Balaban J connectivity index is 2.70. The van der Waals surface area contributed by atoms with Crippen molar-refractivity contribution < 1.29 is 18.0 Å². The van der Waals surface area contributed by atoms with Crippen LogP contribution in [0.2, 0.25) is 0 Å². The molecule has 0 aliphatic carbocycles. The second-order valence-electron chi connectivity index (χ2n) is 5.27. The van der Waals surface area contributed by atoms with Gasteiger partial charge < -0.3 is 11.1 Å². The van der Waals surface area contributed by atoms with E-state index in [1.165, 1.54) is 0 Å². The highest BCUT2D eigenvalue weighted by Crippen LogP contribution is 2.15. The van der Waals surface area contributed by atoms with Crippen LogP contribution >= 0.6 is 0 Å². The molecule has 1 rings (SSSR count). The molecule has 0 unspecified atom stereocenters. The molecule has 3 amide bonds. The van der Waals surface area contributed by atoms with E-state index in [0.717, 1.165) is 0 Å². The number of urea groups is 1. The predicted octanol–water partition coefficient (Wildman–Crippen LogP) is 1.01. The van der Waals surface area contributed by atoms with Crippen LogP contribution < -0.4 is 16.4 Å². The van der Waals surface area contributed by atoms with Gasteiger partial charge in [-0.1, -0.05) is 12.1 Å². The standard InChI is InChI=1S/C14H21N3O4S/c1-9(2)22(20,21)8-11-4-6-12(7-5-11)16-10(3)13(18)17-14(15)19/h4-7,9-10,16H,8H2,1-3H3,(H3,15,17,18,19)/t10-/m0/s1. The summed E-state index contributed by atoms with van der Waals surface area (Å²) in [7, 11) is -3.15. The first-order chi connectivity index (χ1) is 10.1. The summed E-state index contributed by atoms with van der Waals surface area (Å²) in [5, 5.41) is 4.44. The minimum atomic E-state index is -3.15. The number of benzene rings is 1. The van der Waals surface area contributed by atoms with Crippen LogP contribution in [0.25, 0.3) is 0 Å². The molecule has 8 heteroatoms. The minimum absolute atomic E-state index is 0.0251. The number of anilines is 1. The molecule has 0 fully saturated rings. The number of hydrogen-bond donors (Lipinski definition) is 3. The average Bonchev–Trinajstić information content (AvgIpc) is 2.39. The Morgan fingerprint density at radius 2 is 1.68 bits per heavy atom. The van der Waals surface area contributed by atoms with Crippen LogP contribution in [-0.2, 0) is 20.4 Å². The van der Waals surface area contributed by atoms with Crippen LogP contribution in [0, 0.1) is 0 Å². The van der Waals surface area contributed by atoms with Crippen molar-refractivity contribution in [3.63, 3.8) is 0 Å². The van der Waals surface area contributed by atoms with Gasteiger partial charge in [0.25, 0.3) is 0 Å². The van der Waals surface area contributed by atoms with Crippen LogP contribution in [0.1, 0.15) is 26.3 Å². The highest BCUT2D eigenvalue weighted by Gasteiger charge is 2.17. The Hall–Kier alpha value is -2.09. The predicted molar refractivity (Wildman–Crippen MR) is 85.0 cm³/mol. The monoisotopic (exact) mass is 327 g/mol. The fraction of sp³-hybridized carbons (Fsp3) is 0.429. The zero-order valence-electron chi connectivity index (χ0n) is 12.8. The van der Waals surface area contributed by atoms with Crippen molar-refractivity contribution in [3.05, 3.63) is 29.8 Å². The molecule has 22 heavy (non-hydrogen) atoms. The highest BCUT2D eigenvalue weighted by atomic mass is 32.2. The maximum Gasteiger partial charge on any atom is 0.318 e. The van der Waals surface area contributed by atoms with Gasteiger partial charge in [0.2, 0.25) is 5.91 Å². The number of sulfone groups is 1. The number of nitrogens with one attached hydrogen (secondary N) is 2. The number of hydrogen-bond acceptors (Lipinski definition) is 5. The van der Waals surface area contributed by atoms with E-state index in [1.54, 1.807) is 45.0 Å². The molecule has 1 aromatic carbocycles. The van der Waals surface area contributed by atoms with Gasteiger partial charge in [0, 0.05) is 5.69 Å². The Kier molecular flexibility index (Phi) is 5.92. The fourth-order valence-corrected chi connectivity index (χ4v) is 2.63. The van der Waals surface area contributed by atoms with E-state index in [-0.39, 0.29) is 5.75 Å². The topological polar surface area (TPSA) is 118 Å². The molecule has 0 aliphatic rings. The summed E-state index contributed by atoms with van der Waals surface area (Å²) in [6.45, 7) is 4.87. The lowest BCUT2D eigenvalue weighted by molar-refractivity contribution is -0.120. The number of rotatable bonds is 6. The van der Waals surface area contributed by atoms with Crippen molar-refractivity contribution in [1.29, 1.82) is 0 Å². The largest absolute Gasteiger partial charge is 0.374 e. The van der Waals surface area contributed by atoms with Crippen LogP contribution in [0.4, 0.5) is 10.5 Å². The Bertz CT molecular complexity index is 639. The number of nitrogens with two attached hydrogens (primary N) is 1. The summed E-state index contributed by atoms with van der Waals surface area (Å²) in [4.78, 5) is 22.1. The lowest BCUT2D eigenvalue weighted by Crippen LogP contribution is -2.43. The van der Waals surface area contributed by atoms with Gasteiger partial charge in [-0.2, -0.15) is 0 Å². The zero-order valence-corrected chi connectivity index (χ0v) is 13.6. The number of amides is 3. The van der Waals surface area contributed by atoms with Crippen LogP contribution in [0.3, 0.4) is 0 Å². The Labute approximate surface area is 130 Å². The lowest BCUT2D eigenvalue weighted by Gasteiger charge is -2.14. The average molecular weight is 327 g/mol. The molecule has 4 N–H and O–H groups in total. The summed E-state index contributed by atoms with van der Waals surface area (Å²) >= 11 is 0. The molecule has 1 aromatic rings. The third kappa shape index (κ3) is 5.36. The lowest BCUT2D eigenvalue weighted by atomic mass is 10.2. The van der Waals surface area contributed by atoms with Crippen molar-refractivity contribution in [2.75, 3.05) is 5.32 Å². The number of carbonyl (C=O) groups excluding carboxylic acids is 2. The Morgan fingerprint density at radius 3 is 2.14 bits per heavy atom. The number of imide groups is 1. The molecule has 0 heterocycles. The summed E-state index contributed by atoms with van der Waals surface area (Å²) in [6.07, 6.45) is 0. The highest BCUT2D eigenvalue weighted by molar-refractivity contribution is 7.91. The first-order valence-corrected chi connectivity index (χ1v) is 8.50. The third-order valence-corrected chi connectivity index (χ3v) is 5.24. The summed E-state index contributed by atoms with van der Waals surface area (Å²) in [5.74, 6) is -0.568. The van der Waals surface area contributed by atoms with E-state index in [1.807, 2.05) is 5.32 Å². The maximum absolute atomic E-state index is 11.8. The number of primary amides is 1. The fourth-order valence-electron chi connectivity index (χ4n) is 1.64. The van der Waals surface area contributed by atoms with Gasteiger partial charge in [0.1, 0.15) is 6.04 Å². The second kappa shape index (κ2) is 7.26. The van der Waals surface area contributed by atoms with E-state index < -0.39 is 33.1 Å². The number of carbonyl (C=O) groups is 2. The minimum Gasteiger partial charge on any atom is -0.374 e. The van der Waals surface area contributed by atoms with E-state index >= 15 is 0 Å². The van der Waals surface area contributed by atoms with Crippen molar-refractivity contribution >= 4 is 27.5 Å². The molecule has 7 nitrogen and oxygen atoms in total. The van der Waals surface area contributed by atoms with E-state index in [9.17, 15) is 18.0 Å². The van der Waals surface area contributed by atoms with Crippen molar-refractivity contribution in [2.24, 2.45) is 5.73 Å². The molecule has 0 radical (unpaired) electrons. The molecule has 0 saturated heterocycles. The first-order valence-electron chi connectivity index (χ1n) is 6.79. The van der Waals surface area contributed by atoms with Gasteiger partial charge in [-0.3, -0.25) is 10.1 Å². The molecule has 0 bridgehead atoms. The normalized spacial score (nSPS) is 12.7. The molecular formula is C14H21N3O4S. The SMILES string of the molecule is CC(C)S(=O)(=O)Cc1ccc(N[C@@H](C)C(=O)NC(N)=O)cc1. The van der Waals surface area contributed by atoms with Crippen LogP contribution in [-0.4, -0.2) is 31.6 Å². The van der Waals surface area contributed by atoms with E-state index in [0.29, 0.717) is 11.3 Å². The Morgan fingerprint density at radius 1 is 1.14 bits per heavy atom. The molecule has 1 atom stereocenters. The summed E-state index contributed by atoms with van der Waals surface area (Å²) < 4.78 is 23.7. The zero-order chi connectivity index (χ0) is 16.9. The van der Waals surface area contributed by atoms with Gasteiger partial charge in [-0.05, 0) is 38.5 Å². The molecule has 0 aliphatic heterocycles. The first kappa shape index (κ1) is 18.0. The van der Waals surface area contributed by atoms with Crippen LogP contribution in [0.5, 0.6) is 0 Å². The summed E-state index contributed by atoms with van der Waals surface area (Å²) in [6, 6.07) is 5.16. The van der Waals surface area contributed by atoms with Crippen LogP contribution in [0.15, 0.2) is 24.3 Å². The molecular weight excluding hydrogens is 306 g/mol. The van der Waals surface area contributed by atoms with Gasteiger partial charge in [-0.25, -0.2) is 13.2 Å². The van der Waals surface area contributed by atoms with Crippen molar-refractivity contribution in [2.45, 2.75) is 37.8 Å². The van der Waals surface area contributed by atoms with Gasteiger partial charge in [0.15, 0.2) is 9.84 Å². The maximum atomic E-state index is 11.8.